The smallest absolute Gasteiger partial charge is 0.199 e. The van der Waals surface area contributed by atoms with Gasteiger partial charge in [0, 0.05) is 10.8 Å². The van der Waals surface area contributed by atoms with Gasteiger partial charge in [0.25, 0.3) is 0 Å². The SMILES string of the molecule is CC1Oc2[nH]c3ccccc3c(=O)c2C1(C)C. The number of benzene rings is 1. The number of ether oxygens (including phenoxy) is 1. The number of pyridine rings is 1. The van der Waals surface area contributed by atoms with Gasteiger partial charge in [0.1, 0.15) is 6.10 Å². The van der Waals surface area contributed by atoms with E-state index in [1.54, 1.807) is 0 Å². The van der Waals surface area contributed by atoms with Gasteiger partial charge in [-0.3, -0.25) is 4.79 Å². The van der Waals surface area contributed by atoms with Crippen molar-refractivity contribution in [3.63, 3.8) is 0 Å². The van der Waals surface area contributed by atoms with Crippen molar-refractivity contribution in [2.45, 2.75) is 32.3 Å². The Balaban J connectivity index is 2.44. The van der Waals surface area contributed by atoms with Crippen LogP contribution in [-0.4, -0.2) is 11.1 Å². The van der Waals surface area contributed by atoms with Gasteiger partial charge in [-0.1, -0.05) is 26.0 Å². The highest BCUT2D eigenvalue weighted by molar-refractivity contribution is 5.80. The Morgan fingerprint density at radius 2 is 2.00 bits per heavy atom. The molecule has 1 aromatic carbocycles. The molecular weight excluding hydrogens is 214 g/mol. The largest absolute Gasteiger partial charge is 0.475 e. The molecule has 2 aromatic rings. The number of H-pyrrole nitrogens is 1. The van der Waals surface area contributed by atoms with E-state index in [9.17, 15) is 4.79 Å². The number of para-hydroxylation sites is 1. The molecule has 0 spiro atoms. The number of aromatic amines is 1. The first-order valence-electron chi connectivity index (χ1n) is 5.84. The van der Waals surface area contributed by atoms with Gasteiger partial charge in [-0.2, -0.15) is 0 Å². The number of rotatable bonds is 0. The van der Waals surface area contributed by atoms with E-state index >= 15 is 0 Å². The highest BCUT2D eigenvalue weighted by atomic mass is 16.5. The summed E-state index contributed by atoms with van der Waals surface area (Å²) in [5.41, 5.74) is 1.45. The van der Waals surface area contributed by atoms with Gasteiger partial charge < -0.3 is 9.72 Å². The highest BCUT2D eigenvalue weighted by Crippen LogP contribution is 2.39. The molecule has 3 rings (SSSR count). The minimum Gasteiger partial charge on any atom is -0.475 e. The van der Waals surface area contributed by atoms with Crippen LogP contribution in [0.5, 0.6) is 5.88 Å². The third-order valence-electron chi connectivity index (χ3n) is 3.83. The maximum atomic E-state index is 12.5. The molecule has 1 aliphatic heterocycles. The fourth-order valence-electron chi connectivity index (χ4n) is 2.41. The molecule has 3 nitrogen and oxygen atoms in total. The number of hydrogen-bond acceptors (Lipinski definition) is 2. The van der Waals surface area contributed by atoms with E-state index < -0.39 is 0 Å². The first kappa shape index (κ1) is 10.4. The lowest BCUT2D eigenvalue weighted by Gasteiger charge is -2.21. The van der Waals surface area contributed by atoms with E-state index in [-0.39, 0.29) is 16.9 Å². The Kier molecular flexibility index (Phi) is 1.91. The summed E-state index contributed by atoms with van der Waals surface area (Å²) < 4.78 is 5.76. The van der Waals surface area contributed by atoms with Crippen molar-refractivity contribution in [1.29, 1.82) is 0 Å². The number of fused-ring (bicyclic) bond motifs is 2. The fraction of sp³-hybridized carbons (Fsp3) is 0.357. The summed E-state index contributed by atoms with van der Waals surface area (Å²) in [4.78, 5) is 15.7. The normalized spacial score (nSPS) is 21.2. The van der Waals surface area contributed by atoms with Crippen LogP contribution in [0.15, 0.2) is 29.1 Å². The first-order chi connectivity index (χ1) is 8.01. The van der Waals surface area contributed by atoms with Crippen LogP contribution in [0.4, 0.5) is 0 Å². The molecule has 0 fully saturated rings. The molecule has 0 saturated carbocycles. The standard InChI is InChI=1S/C14H15NO2/c1-8-14(2,3)11-12(16)9-6-4-5-7-10(9)15-13(11)17-8/h4-8H,1-3H3,(H,15,16). The Bertz CT molecular complexity index is 655. The topological polar surface area (TPSA) is 42.1 Å². The maximum absolute atomic E-state index is 12.5. The summed E-state index contributed by atoms with van der Waals surface area (Å²) in [7, 11) is 0. The van der Waals surface area contributed by atoms with Crippen molar-refractivity contribution in [3.8, 4) is 5.88 Å². The van der Waals surface area contributed by atoms with Crippen molar-refractivity contribution in [2.24, 2.45) is 0 Å². The van der Waals surface area contributed by atoms with E-state index in [1.807, 2.05) is 45.0 Å². The van der Waals surface area contributed by atoms with Crippen LogP contribution in [0.25, 0.3) is 10.9 Å². The van der Waals surface area contributed by atoms with Gasteiger partial charge >= 0.3 is 0 Å². The maximum Gasteiger partial charge on any atom is 0.199 e. The molecule has 88 valence electrons. The predicted molar refractivity (Wildman–Crippen MR) is 67.7 cm³/mol. The fourth-order valence-corrected chi connectivity index (χ4v) is 2.41. The molecule has 17 heavy (non-hydrogen) atoms. The summed E-state index contributed by atoms with van der Waals surface area (Å²) in [6.45, 7) is 6.10. The molecule has 1 N–H and O–H groups in total. The summed E-state index contributed by atoms with van der Waals surface area (Å²) in [5.74, 6) is 0.631. The average Bonchev–Trinajstić information content (AvgIpc) is 2.50. The second-order valence-corrected chi connectivity index (χ2v) is 5.19. The lowest BCUT2D eigenvalue weighted by Crippen LogP contribution is -2.32. The lowest BCUT2D eigenvalue weighted by atomic mass is 9.82. The van der Waals surface area contributed by atoms with Crippen LogP contribution in [-0.2, 0) is 5.41 Å². The quantitative estimate of drug-likeness (QED) is 0.754. The van der Waals surface area contributed by atoms with Crippen LogP contribution in [0.2, 0.25) is 0 Å². The van der Waals surface area contributed by atoms with Crippen LogP contribution < -0.4 is 10.2 Å². The summed E-state index contributed by atoms with van der Waals surface area (Å²) in [6.07, 6.45) is 0.0123. The molecule has 0 aliphatic carbocycles. The van der Waals surface area contributed by atoms with Gasteiger partial charge in [-0.15, -0.1) is 0 Å². The monoisotopic (exact) mass is 229 g/mol. The molecule has 3 heteroatoms. The van der Waals surface area contributed by atoms with Crippen molar-refractivity contribution < 1.29 is 4.74 Å². The van der Waals surface area contributed by atoms with Crippen LogP contribution >= 0.6 is 0 Å². The minimum absolute atomic E-state index is 0.0123. The zero-order valence-corrected chi connectivity index (χ0v) is 10.2. The molecule has 0 amide bonds. The average molecular weight is 229 g/mol. The van der Waals surface area contributed by atoms with Gasteiger partial charge in [-0.05, 0) is 19.1 Å². The molecule has 1 aliphatic rings. The van der Waals surface area contributed by atoms with Crippen molar-refractivity contribution in [3.05, 3.63) is 40.1 Å². The lowest BCUT2D eigenvalue weighted by molar-refractivity contribution is 0.181. The zero-order chi connectivity index (χ0) is 12.2. The summed E-state index contributed by atoms with van der Waals surface area (Å²) >= 11 is 0. The number of aromatic nitrogens is 1. The van der Waals surface area contributed by atoms with Crippen molar-refractivity contribution in [1.82, 2.24) is 4.98 Å². The molecule has 2 heterocycles. The Morgan fingerprint density at radius 1 is 1.29 bits per heavy atom. The molecule has 1 atom stereocenters. The molecule has 0 bridgehead atoms. The van der Waals surface area contributed by atoms with E-state index in [0.29, 0.717) is 5.88 Å². The van der Waals surface area contributed by atoms with Crippen LogP contribution in [0.1, 0.15) is 26.3 Å². The molecule has 0 saturated heterocycles. The zero-order valence-electron chi connectivity index (χ0n) is 10.2. The molecule has 1 aromatic heterocycles. The van der Waals surface area contributed by atoms with Gasteiger partial charge in [-0.25, -0.2) is 0 Å². The summed E-state index contributed by atoms with van der Waals surface area (Å²) in [6, 6.07) is 7.55. The molecule has 1 unspecified atom stereocenters. The first-order valence-corrected chi connectivity index (χ1v) is 5.84. The Morgan fingerprint density at radius 3 is 2.76 bits per heavy atom. The van der Waals surface area contributed by atoms with Gasteiger partial charge in [0.05, 0.1) is 11.1 Å². The van der Waals surface area contributed by atoms with E-state index in [4.69, 9.17) is 4.74 Å². The van der Waals surface area contributed by atoms with Crippen LogP contribution in [0.3, 0.4) is 0 Å². The second-order valence-electron chi connectivity index (χ2n) is 5.19. The van der Waals surface area contributed by atoms with E-state index in [2.05, 4.69) is 4.98 Å². The number of hydrogen-bond donors (Lipinski definition) is 1. The second kappa shape index (κ2) is 3.13. The van der Waals surface area contributed by atoms with E-state index in [0.717, 1.165) is 16.5 Å². The van der Waals surface area contributed by atoms with Gasteiger partial charge in [0.15, 0.2) is 11.3 Å². The Labute approximate surface area is 99.4 Å². The minimum atomic E-state index is -0.243. The number of nitrogens with one attached hydrogen (secondary N) is 1. The third-order valence-corrected chi connectivity index (χ3v) is 3.83. The highest BCUT2D eigenvalue weighted by Gasteiger charge is 2.41. The third kappa shape index (κ3) is 1.25. The molecular formula is C14H15NO2. The van der Waals surface area contributed by atoms with Crippen molar-refractivity contribution in [2.75, 3.05) is 0 Å². The molecule has 0 radical (unpaired) electrons. The summed E-state index contributed by atoms with van der Waals surface area (Å²) in [5, 5.41) is 0.733. The Hall–Kier alpha value is -1.77. The van der Waals surface area contributed by atoms with Crippen molar-refractivity contribution >= 4 is 10.9 Å². The van der Waals surface area contributed by atoms with E-state index in [1.165, 1.54) is 0 Å². The van der Waals surface area contributed by atoms with Crippen LogP contribution in [0, 0.1) is 0 Å². The predicted octanol–water partition coefficient (Wildman–Crippen LogP) is 2.59. The van der Waals surface area contributed by atoms with Gasteiger partial charge in [0.2, 0.25) is 0 Å².